The van der Waals surface area contributed by atoms with E-state index >= 15 is 0 Å². The lowest BCUT2D eigenvalue weighted by atomic mass is 10.3. The summed E-state index contributed by atoms with van der Waals surface area (Å²) in [7, 11) is -3.66. The van der Waals surface area contributed by atoms with Crippen molar-refractivity contribution in [2.75, 3.05) is 10.8 Å². The number of nitrogens with zero attached hydrogens (tertiary/aromatic N) is 1. The fraction of sp³-hybridized carbons (Fsp3) is 0.250. The second-order valence-electron chi connectivity index (χ2n) is 4.67. The molecule has 0 saturated heterocycles. The van der Waals surface area contributed by atoms with Crippen molar-refractivity contribution >= 4 is 27.3 Å². The van der Waals surface area contributed by atoms with Crippen molar-refractivity contribution in [1.29, 1.82) is 0 Å². The number of benzene rings is 1. The molecule has 0 amide bonds. The maximum Gasteiger partial charge on any atom is 0.264 e. The van der Waals surface area contributed by atoms with Gasteiger partial charge in [0.2, 0.25) is 0 Å². The van der Waals surface area contributed by atoms with Gasteiger partial charge in [-0.25, -0.2) is 8.42 Å². The van der Waals surface area contributed by atoms with Crippen molar-refractivity contribution in [3.05, 3.63) is 64.6 Å². The van der Waals surface area contributed by atoms with Gasteiger partial charge in [0.1, 0.15) is 0 Å². The molecule has 0 radical (unpaired) electrons. The van der Waals surface area contributed by atoms with Crippen molar-refractivity contribution in [2.24, 2.45) is 0 Å². The zero-order valence-corrected chi connectivity index (χ0v) is 14.1. The van der Waals surface area contributed by atoms with Crippen molar-refractivity contribution in [1.82, 2.24) is 0 Å². The van der Waals surface area contributed by atoms with Crippen molar-refractivity contribution in [2.45, 2.75) is 20.8 Å². The predicted octanol–water partition coefficient (Wildman–Crippen LogP) is 4.53. The monoisotopic (exact) mass is 325 g/mol. The summed E-state index contributed by atoms with van der Waals surface area (Å²) in [6.45, 7) is 9.49. The lowest BCUT2D eigenvalue weighted by Crippen LogP contribution is -2.31. The summed E-state index contributed by atoms with van der Waals surface area (Å²) in [6, 6.07) is 6.78. The minimum absolute atomic E-state index is 0.158. The summed E-state index contributed by atoms with van der Waals surface area (Å²) in [5.74, 6) is 0. The quantitative estimate of drug-likeness (QED) is 0.720. The molecule has 0 spiro atoms. The largest absolute Gasteiger partial charge is 0.267 e. The third-order valence-corrected chi connectivity index (χ3v) is 4.94. The third kappa shape index (κ3) is 4.48. The van der Waals surface area contributed by atoms with Gasteiger partial charge in [0, 0.05) is 11.6 Å². The number of rotatable bonds is 6. The Hall–Kier alpha value is -1.52. The van der Waals surface area contributed by atoms with Gasteiger partial charge >= 0.3 is 0 Å². The Kier molecular flexibility index (Phi) is 6.24. The minimum Gasteiger partial charge on any atom is -0.267 e. The molecule has 0 atom stereocenters. The van der Waals surface area contributed by atoms with E-state index in [1.807, 2.05) is 13.8 Å². The lowest BCUT2D eigenvalue weighted by molar-refractivity contribution is 0.599. The van der Waals surface area contributed by atoms with Gasteiger partial charge in [-0.15, -0.1) is 0 Å². The van der Waals surface area contributed by atoms with E-state index in [1.54, 1.807) is 43.3 Å². The van der Waals surface area contributed by atoms with E-state index in [2.05, 4.69) is 6.58 Å². The number of anilines is 1. The van der Waals surface area contributed by atoms with E-state index in [9.17, 15) is 8.42 Å². The third-order valence-electron chi connectivity index (χ3n) is 2.75. The van der Waals surface area contributed by atoms with Crippen LogP contribution in [0, 0.1) is 0 Å². The first-order valence-electron chi connectivity index (χ1n) is 6.58. The second-order valence-corrected chi connectivity index (χ2v) is 6.97. The first kappa shape index (κ1) is 17.5. The molecule has 0 unspecified atom stereocenters. The number of sulfonamides is 1. The second kappa shape index (κ2) is 7.48. The van der Waals surface area contributed by atoms with Crippen LogP contribution in [0.15, 0.2) is 59.6 Å². The Morgan fingerprint density at radius 3 is 2.48 bits per heavy atom. The van der Waals surface area contributed by atoms with E-state index in [0.717, 1.165) is 5.57 Å². The highest BCUT2D eigenvalue weighted by Crippen LogP contribution is 2.25. The molecule has 0 N–H and O–H groups in total. The Balaban J connectivity index is 3.34. The molecule has 3 nitrogen and oxygen atoms in total. The zero-order chi connectivity index (χ0) is 16.0. The molecule has 0 bridgehead atoms. The van der Waals surface area contributed by atoms with Gasteiger partial charge in [-0.05, 0) is 51.1 Å². The minimum atomic E-state index is -3.66. The van der Waals surface area contributed by atoms with E-state index in [4.69, 9.17) is 11.6 Å². The molecular formula is C16H20ClNO2S. The van der Waals surface area contributed by atoms with Gasteiger partial charge in [-0.1, -0.05) is 35.9 Å². The fourth-order valence-corrected chi connectivity index (χ4v) is 3.38. The summed E-state index contributed by atoms with van der Waals surface area (Å²) in [5, 5.41) is 0.495. The first-order chi connectivity index (χ1) is 9.82. The summed E-state index contributed by atoms with van der Waals surface area (Å²) < 4.78 is 26.8. The average molecular weight is 326 g/mol. The SMILES string of the molecule is C=CC(=CC=C(C)C)S(=O)(=O)N(CC)c1cccc(Cl)c1. The molecule has 0 aliphatic heterocycles. The Bertz CT molecular complexity index is 671. The Labute approximate surface area is 132 Å². The molecule has 0 aromatic heterocycles. The van der Waals surface area contributed by atoms with E-state index in [0.29, 0.717) is 17.3 Å². The lowest BCUT2D eigenvalue weighted by Gasteiger charge is -2.23. The molecule has 1 rings (SSSR count). The molecule has 1 aromatic rings. The first-order valence-corrected chi connectivity index (χ1v) is 8.40. The van der Waals surface area contributed by atoms with Gasteiger partial charge in [0.15, 0.2) is 0 Å². The highest BCUT2D eigenvalue weighted by atomic mass is 35.5. The maximum absolute atomic E-state index is 12.7. The van der Waals surface area contributed by atoms with E-state index in [1.165, 1.54) is 10.4 Å². The van der Waals surface area contributed by atoms with Crippen LogP contribution in [0.4, 0.5) is 5.69 Å². The van der Waals surface area contributed by atoms with Gasteiger partial charge in [-0.3, -0.25) is 4.31 Å². The average Bonchev–Trinajstić information content (AvgIpc) is 2.39. The van der Waals surface area contributed by atoms with Crippen LogP contribution in [0.3, 0.4) is 0 Å². The molecule has 5 heteroatoms. The summed E-state index contributed by atoms with van der Waals surface area (Å²) >= 11 is 5.95. The standard InChI is InChI=1S/C16H20ClNO2S/c1-5-16(11-10-13(3)4)21(19,20)18(6-2)15-9-7-8-14(17)12-15/h5,7-12H,1,6H2,2-4H3. The molecule has 1 aromatic carbocycles. The maximum atomic E-state index is 12.7. The normalized spacial score (nSPS) is 11.9. The molecular weight excluding hydrogens is 306 g/mol. The van der Waals surface area contributed by atoms with Crippen LogP contribution in [0.1, 0.15) is 20.8 Å². The number of hydrogen-bond acceptors (Lipinski definition) is 2. The predicted molar refractivity (Wildman–Crippen MR) is 91.1 cm³/mol. The van der Waals surface area contributed by atoms with E-state index < -0.39 is 10.0 Å². The van der Waals surface area contributed by atoms with Crippen molar-refractivity contribution in [3.63, 3.8) is 0 Å². The van der Waals surface area contributed by atoms with Crippen LogP contribution in [0.5, 0.6) is 0 Å². The number of allylic oxidation sites excluding steroid dienone is 4. The van der Waals surface area contributed by atoms with Crippen molar-refractivity contribution in [3.8, 4) is 0 Å². The van der Waals surface area contributed by atoms with Crippen LogP contribution in [0.25, 0.3) is 0 Å². The highest BCUT2D eigenvalue weighted by molar-refractivity contribution is 7.96. The Morgan fingerprint density at radius 2 is 2.00 bits per heavy atom. The Morgan fingerprint density at radius 1 is 1.33 bits per heavy atom. The molecule has 114 valence electrons. The van der Waals surface area contributed by atoms with Gasteiger partial charge in [0.05, 0.1) is 10.6 Å². The van der Waals surface area contributed by atoms with Crippen LogP contribution < -0.4 is 4.31 Å². The van der Waals surface area contributed by atoms with Crippen LogP contribution in [-0.4, -0.2) is 15.0 Å². The zero-order valence-electron chi connectivity index (χ0n) is 12.5. The van der Waals surface area contributed by atoms with E-state index in [-0.39, 0.29) is 4.91 Å². The highest BCUT2D eigenvalue weighted by Gasteiger charge is 2.24. The molecule has 0 heterocycles. The molecule has 0 aliphatic rings. The summed E-state index contributed by atoms with van der Waals surface area (Å²) in [5.41, 5.74) is 1.55. The van der Waals surface area contributed by atoms with Gasteiger partial charge < -0.3 is 0 Å². The number of halogens is 1. The van der Waals surface area contributed by atoms with Crippen LogP contribution >= 0.6 is 11.6 Å². The van der Waals surface area contributed by atoms with Crippen LogP contribution in [-0.2, 0) is 10.0 Å². The van der Waals surface area contributed by atoms with Gasteiger partial charge in [0.25, 0.3) is 10.0 Å². The summed E-state index contributed by atoms with van der Waals surface area (Å²) in [6.07, 6.45) is 4.66. The molecule has 0 aliphatic carbocycles. The number of hydrogen-bond donors (Lipinski definition) is 0. The van der Waals surface area contributed by atoms with Crippen LogP contribution in [0.2, 0.25) is 5.02 Å². The van der Waals surface area contributed by atoms with Crippen molar-refractivity contribution < 1.29 is 8.42 Å². The summed E-state index contributed by atoms with van der Waals surface area (Å²) in [4.78, 5) is 0.158. The molecule has 0 fully saturated rings. The van der Waals surface area contributed by atoms with Gasteiger partial charge in [-0.2, -0.15) is 0 Å². The topological polar surface area (TPSA) is 37.4 Å². The fourth-order valence-electron chi connectivity index (χ4n) is 1.76. The molecule has 0 saturated carbocycles. The smallest absolute Gasteiger partial charge is 0.264 e. The molecule has 21 heavy (non-hydrogen) atoms.